The van der Waals surface area contributed by atoms with E-state index in [9.17, 15) is 13.6 Å². The van der Waals surface area contributed by atoms with E-state index >= 15 is 0 Å². The fraction of sp³-hybridized carbons (Fsp3) is 0.300. The predicted molar refractivity (Wildman–Crippen MR) is 103 cm³/mol. The van der Waals surface area contributed by atoms with E-state index in [-0.39, 0.29) is 12.1 Å². The standard InChI is InChI=1S/C20H21F2N5O2/c1-12-25-26(11-14-7-16(21)4-5-17(14)22)20(28)27(12)18-6-3-13(8-19(18)29-2)15-9-23-24-10-15/h3-8,15,23-24H,9-11H2,1-2H3. The maximum Gasteiger partial charge on any atom is 0.351 e. The molecule has 4 rings (SSSR count). The number of halogens is 2. The molecule has 7 nitrogen and oxygen atoms in total. The third-order valence-electron chi connectivity index (χ3n) is 5.07. The second-order valence-corrected chi connectivity index (χ2v) is 6.95. The maximum atomic E-state index is 14.0. The average Bonchev–Trinajstić information content (AvgIpc) is 3.33. The summed E-state index contributed by atoms with van der Waals surface area (Å²) in [6.45, 7) is 3.12. The Kier molecular flexibility index (Phi) is 5.16. The van der Waals surface area contributed by atoms with Gasteiger partial charge < -0.3 is 4.74 Å². The molecule has 0 amide bonds. The Balaban J connectivity index is 1.72. The second kappa shape index (κ2) is 7.76. The van der Waals surface area contributed by atoms with Crippen molar-refractivity contribution >= 4 is 0 Å². The van der Waals surface area contributed by atoms with Gasteiger partial charge in [-0.2, -0.15) is 5.10 Å². The lowest BCUT2D eigenvalue weighted by molar-refractivity contribution is 0.411. The van der Waals surface area contributed by atoms with Gasteiger partial charge in [0.05, 0.1) is 19.3 Å². The molecule has 2 aromatic carbocycles. The molecule has 0 spiro atoms. The number of methoxy groups -OCH3 is 1. The van der Waals surface area contributed by atoms with E-state index in [1.165, 1.54) is 4.57 Å². The first-order valence-electron chi connectivity index (χ1n) is 9.22. The molecule has 2 N–H and O–H groups in total. The van der Waals surface area contributed by atoms with Crippen molar-refractivity contribution in [2.24, 2.45) is 0 Å². The number of hydrazine groups is 1. The summed E-state index contributed by atoms with van der Waals surface area (Å²) < 4.78 is 35.5. The van der Waals surface area contributed by atoms with Crippen molar-refractivity contribution in [2.45, 2.75) is 19.4 Å². The normalized spacial score (nSPS) is 14.5. The largest absolute Gasteiger partial charge is 0.495 e. The van der Waals surface area contributed by atoms with E-state index in [4.69, 9.17) is 4.74 Å². The molecule has 1 aliphatic heterocycles. The van der Waals surface area contributed by atoms with Gasteiger partial charge in [0.2, 0.25) is 0 Å². The molecule has 0 unspecified atom stereocenters. The van der Waals surface area contributed by atoms with Crippen LogP contribution in [0.5, 0.6) is 5.75 Å². The van der Waals surface area contributed by atoms with E-state index < -0.39 is 17.3 Å². The molecule has 0 aliphatic carbocycles. The smallest absolute Gasteiger partial charge is 0.351 e. The van der Waals surface area contributed by atoms with Crippen LogP contribution in [0.3, 0.4) is 0 Å². The topological polar surface area (TPSA) is 73.1 Å². The van der Waals surface area contributed by atoms with Crippen molar-refractivity contribution in [1.29, 1.82) is 0 Å². The third-order valence-corrected chi connectivity index (χ3v) is 5.07. The van der Waals surface area contributed by atoms with Crippen LogP contribution in [0.25, 0.3) is 5.69 Å². The molecule has 3 aromatic rings. The highest BCUT2D eigenvalue weighted by Gasteiger charge is 2.21. The third kappa shape index (κ3) is 3.66. The van der Waals surface area contributed by atoms with Crippen LogP contribution in [0, 0.1) is 18.6 Å². The molecule has 1 aromatic heterocycles. The first-order chi connectivity index (χ1) is 14.0. The van der Waals surface area contributed by atoms with Crippen molar-refractivity contribution in [2.75, 3.05) is 20.2 Å². The molecule has 1 fully saturated rings. The quantitative estimate of drug-likeness (QED) is 0.683. The summed E-state index contributed by atoms with van der Waals surface area (Å²) in [6, 6.07) is 8.81. The second-order valence-electron chi connectivity index (χ2n) is 6.95. The number of hydrogen-bond acceptors (Lipinski definition) is 5. The van der Waals surface area contributed by atoms with Gasteiger partial charge in [-0.15, -0.1) is 0 Å². The molecule has 0 saturated carbocycles. The molecule has 0 radical (unpaired) electrons. The van der Waals surface area contributed by atoms with Crippen LogP contribution in [-0.4, -0.2) is 34.5 Å². The van der Waals surface area contributed by atoms with Gasteiger partial charge >= 0.3 is 5.69 Å². The number of nitrogens with zero attached hydrogens (tertiary/aromatic N) is 3. The fourth-order valence-electron chi connectivity index (χ4n) is 3.55. The van der Waals surface area contributed by atoms with Crippen LogP contribution in [0.4, 0.5) is 8.78 Å². The lowest BCUT2D eigenvalue weighted by Gasteiger charge is -2.14. The van der Waals surface area contributed by atoms with Gasteiger partial charge in [0.1, 0.15) is 23.2 Å². The molecule has 2 heterocycles. The highest BCUT2D eigenvalue weighted by Crippen LogP contribution is 2.28. The molecule has 0 bridgehead atoms. The van der Waals surface area contributed by atoms with Crippen LogP contribution >= 0.6 is 0 Å². The van der Waals surface area contributed by atoms with Gasteiger partial charge in [-0.3, -0.25) is 10.9 Å². The van der Waals surface area contributed by atoms with E-state index in [0.717, 1.165) is 41.5 Å². The van der Waals surface area contributed by atoms with Gasteiger partial charge in [0, 0.05) is 24.6 Å². The summed E-state index contributed by atoms with van der Waals surface area (Å²) in [6.07, 6.45) is 0. The van der Waals surface area contributed by atoms with Gasteiger partial charge in [-0.05, 0) is 42.8 Å². The van der Waals surface area contributed by atoms with Crippen molar-refractivity contribution < 1.29 is 13.5 Å². The molecule has 29 heavy (non-hydrogen) atoms. The number of nitrogens with one attached hydrogen (secondary N) is 2. The molecule has 0 atom stereocenters. The number of ether oxygens (including phenoxy) is 1. The molecule has 152 valence electrons. The summed E-state index contributed by atoms with van der Waals surface area (Å²) in [5, 5.41) is 4.23. The minimum atomic E-state index is -0.591. The number of aromatic nitrogens is 3. The summed E-state index contributed by atoms with van der Waals surface area (Å²) in [4.78, 5) is 13.0. The Morgan fingerprint density at radius 2 is 1.93 bits per heavy atom. The zero-order valence-corrected chi connectivity index (χ0v) is 16.1. The van der Waals surface area contributed by atoms with Gasteiger partial charge in [-0.1, -0.05) is 6.07 Å². The van der Waals surface area contributed by atoms with Gasteiger partial charge in [-0.25, -0.2) is 22.8 Å². The Morgan fingerprint density at radius 3 is 2.66 bits per heavy atom. The van der Waals surface area contributed by atoms with Crippen molar-refractivity contribution in [3.63, 3.8) is 0 Å². The number of hydrogen-bond donors (Lipinski definition) is 2. The van der Waals surface area contributed by atoms with Crippen LogP contribution in [0.15, 0.2) is 41.2 Å². The number of rotatable bonds is 5. The minimum Gasteiger partial charge on any atom is -0.495 e. The molecule has 9 heteroatoms. The Labute approximate surface area is 165 Å². The van der Waals surface area contributed by atoms with Crippen LogP contribution in [0.2, 0.25) is 0 Å². The first kappa shape index (κ1) is 19.3. The monoisotopic (exact) mass is 401 g/mol. The van der Waals surface area contributed by atoms with Crippen LogP contribution < -0.4 is 21.3 Å². The van der Waals surface area contributed by atoms with Crippen LogP contribution in [-0.2, 0) is 6.54 Å². The highest BCUT2D eigenvalue weighted by molar-refractivity contribution is 5.50. The minimum absolute atomic E-state index is 0.0558. The van der Waals surface area contributed by atoms with E-state index in [1.807, 2.05) is 18.2 Å². The van der Waals surface area contributed by atoms with Crippen LogP contribution in [0.1, 0.15) is 22.9 Å². The summed E-state index contributed by atoms with van der Waals surface area (Å²) >= 11 is 0. The molecule has 1 aliphatic rings. The van der Waals surface area contributed by atoms with E-state index in [0.29, 0.717) is 23.2 Å². The number of aryl methyl sites for hydroxylation is 1. The van der Waals surface area contributed by atoms with Crippen molar-refractivity contribution in [1.82, 2.24) is 25.2 Å². The van der Waals surface area contributed by atoms with Gasteiger partial charge in [0.15, 0.2) is 0 Å². The summed E-state index contributed by atoms with van der Waals surface area (Å²) in [5.74, 6) is 0.0950. The van der Waals surface area contributed by atoms with Crippen molar-refractivity contribution in [3.05, 3.63) is 75.5 Å². The average molecular weight is 401 g/mol. The Bertz CT molecular complexity index is 1100. The SMILES string of the molecule is COc1cc(C2CNNC2)ccc1-n1c(C)nn(Cc2cc(F)ccc2F)c1=O. The summed E-state index contributed by atoms with van der Waals surface area (Å²) in [7, 11) is 1.54. The Morgan fingerprint density at radius 1 is 1.17 bits per heavy atom. The first-order valence-corrected chi connectivity index (χ1v) is 9.22. The molecular formula is C20H21F2N5O2. The lowest BCUT2D eigenvalue weighted by atomic mass is 9.99. The summed E-state index contributed by atoms with van der Waals surface area (Å²) in [5.41, 5.74) is 7.41. The van der Waals surface area contributed by atoms with E-state index in [2.05, 4.69) is 16.0 Å². The zero-order chi connectivity index (χ0) is 20.5. The lowest BCUT2D eigenvalue weighted by Crippen LogP contribution is -2.25. The molecule has 1 saturated heterocycles. The fourth-order valence-corrected chi connectivity index (χ4v) is 3.55. The zero-order valence-electron chi connectivity index (χ0n) is 16.1. The van der Waals surface area contributed by atoms with E-state index in [1.54, 1.807) is 14.0 Å². The maximum absolute atomic E-state index is 14.0. The number of benzene rings is 2. The van der Waals surface area contributed by atoms with Gasteiger partial charge in [0.25, 0.3) is 0 Å². The van der Waals surface area contributed by atoms with Crippen molar-refractivity contribution in [3.8, 4) is 11.4 Å². The highest BCUT2D eigenvalue weighted by atomic mass is 19.1. The predicted octanol–water partition coefficient (Wildman–Crippen LogP) is 1.87. The molecular weight excluding hydrogens is 380 g/mol. The Hall–Kier alpha value is -3.04.